The lowest BCUT2D eigenvalue weighted by atomic mass is 10.0. The second-order valence-corrected chi connectivity index (χ2v) is 6.41. The first-order valence-electron chi connectivity index (χ1n) is 8.63. The number of ether oxygens (including phenoxy) is 2. The standard InChI is InChI=1S/C18H25N3O4/c1-24-13-5-6-16(25-2)14(10-13)15-4-3-8-21(15)18(23)12-20-9-7-19-17(22)11-20/h5-6,10,15H,3-4,7-9,11-12H2,1-2H3,(H,19,22)/t15-/m1/s1. The van der Waals surface area contributed by atoms with E-state index in [4.69, 9.17) is 9.47 Å². The fraction of sp³-hybridized carbons (Fsp3) is 0.556. The van der Waals surface area contributed by atoms with Gasteiger partial charge in [-0.25, -0.2) is 0 Å². The fourth-order valence-corrected chi connectivity index (χ4v) is 3.60. The minimum atomic E-state index is -0.0218. The third kappa shape index (κ3) is 3.87. The molecule has 1 aromatic rings. The van der Waals surface area contributed by atoms with Crippen LogP contribution in [-0.2, 0) is 9.59 Å². The number of hydrogen-bond donors (Lipinski definition) is 1. The SMILES string of the molecule is COc1ccc(OC)c([C@H]2CCCN2C(=O)CN2CCNC(=O)C2)c1. The quantitative estimate of drug-likeness (QED) is 0.853. The van der Waals surface area contributed by atoms with E-state index in [2.05, 4.69) is 5.32 Å². The van der Waals surface area contributed by atoms with E-state index in [0.717, 1.165) is 36.4 Å². The number of amides is 2. The second-order valence-electron chi connectivity index (χ2n) is 6.41. The van der Waals surface area contributed by atoms with Crippen molar-refractivity contribution in [3.8, 4) is 11.5 Å². The van der Waals surface area contributed by atoms with E-state index in [1.807, 2.05) is 28.0 Å². The molecule has 2 saturated heterocycles. The van der Waals surface area contributed by atoms with Gasteiger partial charge in [-0.2, -0.15) is 0 Å². The molecule has 0 unspecified atom stereocenters. The molecule has 2 aliphatic heterocycles. The van der Waals surface area contributed by atoms with Crippen molar-refractivity contribution in [2.75, 3.05) is 46.9 Å². The summed E-state index contributed by atoms with van der Waals surface area (Å²) in [7, 11) is 3.27. The van der Waals surface area contributed by atoms with Gasteiger partial charge >= 0.3 is 0 Å². The van der Waals surface area contributed by atoms with Gasteiger partial charge in [-0.3, -0.25) is 14.5 Å². The van der Waals surface area contributed by atoms with Gasteiger partial charge in [0.1, 0.15) is 11.5 Å². The first-order chi connectivity index (χ1) is 12.1. The van der Waals surface area contributed by atoms with E-state index in [0.29, 0.717) is 13.1 Å². The molecule has 7 nitrogen and oxygen atoms in total. The van der Waals surface area contributed by atoms with Crippen LogP contribution >= 0.6 is 0 Å². The van der Waals surface area contributed by atoms with Crippen LogP contribution in [0.15, 0.2) is 18.2 Å². The molecule has 7 heteroatoms. The number of nitrogens with zero attached hydrogens (tertiary/aromatic N) is 2. The summed E-state index contributed by atoms with van der Waals surface area (Å²) in [6.45, 7) is 2.59. The molecule has 2 heterocycles. The number of methoxy groups -OCH3 is 2. The van der Waals surface area contributed by atoms with Crippen LogP contribution in [0.1, 0.15) is 24.4 Å². The van der Waals surface area contributed by atoms with Crippen molar-refractivity contribution < 1.29 is 19.1 Å². The Morgan fingerprint density at radius 2 is 2.12 bits per heavy atom. The summed E-state index contributed by atoms with van der Waals surface area (Å²) in [4.78, 5) is 28.2. The average molecular weight is 347 g/mol. The number of nitrogens with one attached hydrogen (secondary N) is 1. The topological polar surface area (TPSA) is 71.1 Å². The minimum absolute atomic E-state index is 0.0174. The predicted octanol–water partition coefficient (Wildman–Crippen LogP) is 0.799. The molecule has 2 fully saturated rings. The Balaban J connectivity index is 1.76. The third-order valence-corrected chi connectivity index (χ3v) is 4.85. The third-order valence-electron chi connectivity index (χ3n) is 4.85. The van der Waals surface area contributed by atoms with Crippen molar-refractivity contribution in [2.24, 2.45) is 0 Å². The lowest BCUT2D eigenvalue weighted by Gasteiger charge is -2.31. The van der Waals surface area contributed by atoms with Gasteiger partial charge in [0.15, 0.2) is 0 Å². The number of carbonyl (C=O) groups excluding carboxylic acids is 2. The highest BCUT2D eigenvalue weighted by molar-refractivity contribution is 5.82. The van der Waals surface area contributed by atoms with Gasteiger partial charge in [0.2, 0.25) is 11.8 Å². The van der Waals surface area contributed by atoms with Crippen LogP contribution in [0, 0.1) is 0 Å². The van der Waals surface area contributed by atoms with Gasteiger partial charge in [-0.15, -0.1) is 0 Å². The molecular formula is C18H25N3O4. The van der Waals surface area contributed by atoms with Crippen molar-refractivity contribution in [3.63, 3.8) is 0 Å². The maximum absolute atomic E-state index is 12.8. The molecule has 0 spiro atoms. The van der Waals surface area contributed by atoms with Crippen LogP contribution < -0.4 is 14.8 Å². The molecule has 0 saturated carbocycles. The van der Waals surface area contributed by atoms with E-state index < -0.39 is 0 Å². The molecule has 0 bridgehead atoms. The van der Waals surface area contributed by atoms with Gasteiger partial charge < -0.3 is 19.7 Å². The number of likely N-dealkylation sites (tertiary alicyclic amines) is 1. The number of hydrogen-bond acceptors (Lipinski definition) is 5. The summed E-state index contributed by atoms with van der Waals surface area (Å²) in [5.74, 6) is 1.55. The van der Waals surface area contributed by atoms with Crippen LogP contribution in [0.5, 0.6) is 11.5 Å². The molecular weight excluding hydrogens is 322 g/mol. The summed E-state index contributed by atoms with van der Waals surface area (Å²) in [6, 6.07) is 5.67. The Kier molecular flexibility index (Phi) is 5.43. The summed E-state index contributed by atoms with van der Waals surface area (Å²) >= 11 is 0. The maximum Gasteiger partial charge on any atom is 0.237 e. The zero-order chi connectivity index (χ0) is 17.8. The highest BCUT2D eigenvalue weighted by Gasteiger charge is 2.33. The van der Waals surface area contributed by atoms with Gasteiger partial charge in [-0.1, -0.05) is 0 Å². The first kappa shape index (κ1) is 17.5. The fourth-order valence-electron chi connectivity index (χ4n) is 3.60. The predicted molar refractivity (Wildman–Crippen MR) is 92.7 cm³/mol. The largest absolute Gasteiger partial charge is 0.497 e. The Hall–Kier alpha value is -2.28. The summed E-state index contributed by atoms with van der Waals surface area (Å²) < 4.78 is 10.8. The lowest BCUT2D eigenvalue weighted by Crippen LogP contribution is -2.51. The Morgan fingerprint density at radius 1 is 1.28 bits per heavy atom. The number of piperazine rings is 1. The van der Waals surface area contributed by atoms with Crippen molar-refractivity contribution in [3.05, 3.63) is 23.8 Å². The van der Waals surface area contributed by atoms with Crippen molar-refractivity contribution >= 4 is 11.8 Å². The van der Waals surface area contributed by atoms with Crippen LogP contribution in [-0.4, -0.2) is 68.6 Å². The van der Waals surface area contributed by atoms with E-state index in [-0.39, 0.29) is 30.9 Å². The molecule has 0 aliphatic carbocycles. The van der Waals surface area contributed by atoms with Crippen molar-refractivity contribution in [2.45, 2.75) is 18.9 Å². The lowest BCUT2D eigenvalue weighted by molar-refractivity contribution is -0.134. The maximum atomic E-state index is 12.8. The van der Waals surface area contributed by atoms with E-state index >= 15 is 0 Å². The van der Waals surface area contributed by atoms with E-state index in [9.17, 15) is 9.59 Å². The van der Waals surface area contributed by atoms with Crippen LogP contribution in [0.25, 0.3) is 0 Å². The Bertz CT molecular complexity index is 649. The molecule has 136 valence electrons. The smallest absolute Gasteiger partial charge is 0.237 e. The Labute approximate surface area is 147 Å². The Morgan fingerprint density at radius 3 is 2.84 bits per heavy atom. The molecule has 3 rings (SSSR count). The van der Waals surface area contributed by atoms with Gasteiger partial charge in [0, 0.05) is 25.2 Å². The monoisotopic (exact) mass is 347 g/mol. The normalized spacial score (nSPS) is 21.1. The van der Waals surface area contributed by atoms with E-state index in [1.54, 1.807) is 14.2 Å². The van der Waals surface area contributed by atoms with Gasteiger partial charge in [-0.05, 0) is 31.0 Å². The highest BCUT2D eigenvalue weighted by Crippen LogP contribution is 2.38. The second kappa shape index (κ2) is 7.74. The zero-order valence-corrected chi connectivity index (χ0v) is 14.8. The highest BCUT2D eigenvalue weighted by atomic mass is 16.5. The number of carbonyl (C=O) groups is 2. The molecule has 0 radical (unpaired) electrons. The molecule has 25 heavy (non-hydrogen) atoms. The summed E-state index contributed by atoms with van der Waals surface area (Å²) in [5.41, 5.74) is 0.976. The first-order valence-corrected chi connectivity index (χ1v) is 8.63. The molecule has 1 N–H and O–H groups in total. The molecule has 2 amide bonds. The van der Waals surface area contributed by atoms with Crippen LogP contribution in [0.2, 0.25) is 0 Å². The molecule has 1 atom stereocenters. The van der Waals surface area contributed by atoms with Crippen LogP contribution in [0.3, 0.4) is 0 Å². The number of benzene rings is 1. The van der Waals surface area contributed by atoms with Crippen LogP contribution in [0.4, 0.5) is 0 Å². The molecule has 0 aromatic heterocycles. The van der Waals surface area contributed by atoms with E-state index in [1.165, 1.54) is 0 Å². The summed E-state index contributed by atoms with van der Waals surface area (Å²) in [6.07, 6.45) is 1.85. The molecule has 1 aromatic carbocycles. The van der Waals surface area contributed by atoms with Gasteiger partial charge in [0.05, 0.1) is 33.4 Å². The average Bonchev–Trinajstić information content (AvgIpc) is 3.11. The zero-order valence-electron chi connectivity index (χ0n) is 14.8. The van der Waals surface area contributed by atoms with Gasteiger partial charge in [0.25, 0.3) is 0 Å². The molecule has 2 aliphatic rings. The number of rotatable bonds is 5. The summed E-state index contributed by atoms with van der Waals surface area (Å²) in [5, 5.41) is 2.78. The van der Waals surface area contributed by atoms with Crippen molar-refractivity contribution in [1.82, 2.24) is 15.1 Å². The van der Waals surface area contributed by atoms with Crippen molar-refractivity contribution in [1.29, 1.82) is 0 Å². The minimum Gasteiger partial charge on any atom is -0.497 e.